The summed E-state index contributed by atoms with van der Waals surface area (Å²) in [7, 11) is -3.63. The van der Waals surface area contributed by atoms with E-state index in [0.717, 1.165) is 22.9 Å². The minimum Gasteiger partial charge on any atom is -0.377 e. The summed E-state index contributed by atoms with van der Waals surface area (Å²) in [6.45, 7) is 12.1. The Morgan fingerprint density at radius 2 is 2.10 bits per heavy atom. The van der Waals surface area contributed by atoms with Gasteiger partial charge in [-0.2, -0.15) is 8.42 Å². The van der Waals surface area contributed by atoms with Crippen LogP contribution in [0.4, 0.5) is 5.82 Å². The number of hydrogen-bond acceptors (Lipinski definition) is 7. The quantitative estimate of drug-likeness (QED) is 0.326. The van der Waals surface area contributed by atoms with Crippen LogP contribution < -0.4 is 4.90 Å². The number of aromatic nitrogens is 2. The Labute approximate surface area is 180 Å². The molecule has 1 aliphatic heterocycles. The predicted molar refractivity (Wildman–Crippen MR) is 121 cm³/mol. The minimum absolute atomic E-state index is 0.159. The molecule has 1 atom stereocenters. The van der Waals surface area contributed by atoms with Crippen LogP contribution in [0.25, 0.3) is 11.0 Å². The first kappa shape index (κ1) is 23.2. The number of hydrogen-bond donors (Lipinski definition) is 0. The summed E-state index contributed by atoms with van der Waals surface area (Å²) in [5.41, 5.74) is 1.40. The van der Waals surface area contributed by atoms with Gasteiger partial charge in [-0.05, 0) is 30.7 Å². The molecule has 0 unspecified atom stereocenters. The van der Waals surface area contributed by atoms with Crippen molar-refractivity contribution in [2.24, 2.45) is 0 Å². The Bertz CT molecular complexity index is 971. The van der Waals surface area contributed by atoms with E-state index in [4.69, 9.17) is 18.6 Å². The van der Waals surface area contributed by atoms with E-state index in [-0.39, 0.29) is 11.8 Å². The molecule has 3 rings (SSSR count). The summed E-state index contributed by atoms with van der Waals surface area (Å²) in [6, 6.07) is 5.01. The second kappa shape index (κ2) is 9.35. The Balaban J connectivity index is 1.94. The molecule has 0 aromatic carbocycles. The molecular weight excluding hydrogens is 422 g/mol. The molecule has 0 aliphatic carbocycles. The summed E-state index contributed by atoms with van der Waals surface area (Å²) in [5.74, 6) is 0.552. The van der Waals surface area contributed by atoms with Crippen molar-refractivity contribution in [2.45, 2.75) is 51.1 Å². The molecule has 10 heteroatoms. The van der Waals surface area contributed by atoms with E-state index in [0.29, 0.717) is 38.7 Å². The predicted octanol–water partition coefficient (Wildman–Crippen LogP) is 3.05. The highest BCUT2D eigenvalue weighted by Gasteiger charge is 2.24. The van der Waals surface area contributed by atoms with Gasteiger partial charge in [0.05, 0.1) is 26.4 Å². The van der Waals surface area contributed by atoms with E-state index in [1.165, 1.54) is 7.11 Å². The van der Waals surface area contributed by atoms with Gasteiger partial charge >= 0.3 is 0 Å². The van der Waals surface area contributed by atoms with Crippen molar-refractivity contribution in [3.8, 4) is 0 Å². The summed E-state index contributed by atoms with van der Waals surface area (Å²) >= 11 is 0. The van der Waals surface area contributed by atoms with Gasteiger partial charge in [-0.25, -0.2) is 4.98 Å². The van der Waals surface area contributed by atoms with E-state index < -0.39 is 18.2 Å². The molecule has 1 fully saturated rings. The third-order valence-corrected chi connectivity index (χ3v) is 8.16. The van der Waals surface area contributed by atoms with Gasteiger partial charge in [0.25, 0.3) is 10.1 Å². The molecule has 0 bridgehead atoms. The maximum atomic E-state index is 12.2. The monoisotopic (exact) mass is 455 g/mol. The lowest BCUT2D eigenvalue weighted by atomic mass is 10.2. The maximum absolute atomic E-state index is 12.2. The third kappa shape index (κ3) is 5.82. The van der Waals surface area contributed by atoms with Crippen LogP contribution in [0, 0.1) is 0 Å². The highest BCUT2D eigenvalue weighted by atomic mass is 32.2. The zero-order valence-corrected chi connectivity index (χ0v) is 20.4. The number of rotatable bonds is 9. The molecule has 8 nitrogen and oxygen atoms in total. The lowest BCUT2D eigenvalue weighted by Crippen LogP contribution is -2.44. The fraction of sp³-hybridized carbons (Fsp3) is 0.650. The minimum atomic E-state index is -3.66. The summed E-state index contributed by atoms with van der Waals surface area (Å²) in [6.07, 6.45) is 1.90. The largest absolute Gasteiger partial charge is 0.377 e. The third-order valence-electron chi connectivity index (χ3n) is 5.28. The molecule has 168 valence electrons. The van der Waals surface area contributed by atoms with E-state index in [2.05, 4.69) is 31.5 Å². The van der Waals surface area contributed by atoms with Gasteiger partial charge in [-0.3, -0.25) is 4.18 Å². The average molecular weight is 456 g/mol. The van der Waals surface area contributed by atoms with Crippen molar-refractivity contribution in [2.75, 3.05) is 38.4 Å². The second-order valence-corrected chi connectivity index (χ2v) is 16.4. The van der Waals surface area contributed by atoms with E-state index >= 15 is 0 Å². The van der Waals surface area contributed by atoms with Crippen LogP contribution in [0.1, 0.15) is 12.5 Å². The number of nitrogens with zero attached hydrogens (tertiary/aromatic N) is 3. The number of morpholine rings is 1. The van der Waals surface area contributed by atoms with Gasteiger partial charge in [0.2, 0.25) is 0 Å². The van der Waals surface area contributed by atoms with Crippen LogP contribution >= 0.6 is 0 Å². The number of fused-ring (bicyclic) bond motifs is 1. The number of pyridine rings is 1. The first-order valence-electron chi connectivity index (χ1n) is 10.3. The van der Waals surface area contributed by atoms with Crippen molar-refractivity contribution < 1.29 is 22.1 Å². The molecular formula is C20H33N3O5SSi. The van der Waals surface area contributed by atoms with Gasteiger partial charge in [0.15, 0.2) is 0 Å². The smallest absolute Gasteiger partial charge is 0.271 e. The van der Waals surface area contributed by atoms with Gasteiger partial charge in [0.1, 0.15) is 23.9 Å². The van der Waals surface area contributed by atoms with Crippen LogP contribution in [0.3, 0.4) is 0 Å². The van der Waals surface area contributed by atoms with Crippen LogP contribution in [0.2, 0.25) is 25.7 Å². The molecule has 0 radical (unpaired) electrons. The maximum Gasteiger partial charge on any atom is 0.271 e. The molecule has 3 heterocycles. The summed E-state index contributed by atoms with van der Waals surface area (Å²) < 4.78 is 42.4. The fourth-order valence-corrected chi connectivity index (χ4v) is 4.94. The van der Waals surface area contributed by atoms with E-state index in [1.54, 1.807) is 0 Å². The molecule has 30 heavy (non-hydrogen) atoms. The summed E-state index contributed by atoms with van der Waals surface area (Å²) in [5, 5.41) is 0.800. The van der Waals surface area contributed by atoms with Crippen molar-refractivity contribution in [1.29, 1.82) is 0 Å². The molecule has 1 saturated heterocycles. The molecule has 0 saturated carbocycles. The first-order chi connectivity index (χ1) is 14.1. The molecule has 0 N–H and O–H groups in total. The van der Waals surface area contributed by atoms with Crippen LogP contribution in [-0.4, -0.2) is 65.6 Å². The van der Waals surface area contributed by atoms with E-state index in [1.807, 2.05) is 22.9 Å². The van der Waals surface area contributed by atoms with Gasteiger partial charge < -0.3 is 18.9 Å². The Kier molecular flexibility index (Phi) is 7.23. The normalized spacial score (nSPS) is 18.3. The second-order valence-electron chi connectivity index (χ2n) is 9.00. The first-order valence-corrected chi connectivity index (χ1v) is 15.6. The molecule has 0 amide bonds. The number of anilines is 1. The van der Waals surface area contributed by atoms with Crippen molar-refractivity contribution in [1.82, 2.24) is 9.55 Å². The SMILES string of the molecule is COS(=O)(=O)Cc1cc(N2CCOC[C@H]2C)nc2c1ccn2COCC[Si](C)(C)C. The lowest BCUT2D eigenvalue weighted by Gasteiger charge is -2.34. The number of ether oxygens (including phenoxy) is 2. The Morgan fingerprint density at radius 1 is 1.33 bits per heavy atom. The molecule has 2 aromatic rings. The highest BCUT2D eigenvalue weighted by molar-refractivity contribution is 7.85. The Hall–Kier alpha value is -1.46. The standard InChI is InChI=1S/C20H33N3O5SSi/c1-16-13-27-9-8-23(16)19-12-17(14-29(24,25)26-2)18-6-7-22(20(18)21-19)15-28-10-11-30(3,4)5/h6-7,12,16H,8-11,13-15H2,1-5H3/t16-/m1/s1. The Morgan fingerprint density at radius 3 is 2.77 bits per heavy atom. The average Bonchev–Trinajstić information content (AvgIpc) is 3.08. The van der Waals surface area contributed by atoms with E-state index in [9.17, 15) is 8.42 Å². The van der Waals surface area contributed by atoms with Crippen molar-refractivity contribution in [3.05, 3.63) is 23.9 Å². The zero-order chi connectivity index (χ0) is 21.9. The highest BCUT2D eigenvalue weighted by Crippen LogP contribution is 2.28. The molecule has 0 spiro atoms. The lowest BCUT2D eigenvalue weighted by molar-refractivity contribution is 0.0898. The molecule has 2 aromatic heterocycles. The van der Waals surface area contributed by atoms with Crippen LogP contribution in [0.5, 0.6) is 0 Å². The fourth-order valence-electron chi connectivity index (χ4n) is 3.44. The molecule has 1 aliphatic rings. The van der Waals surface area contributed by atoms with Gasteiger partial charge in [-0.15, -0.1) is 0 Å². The van der Waals surface area contributed by atoms with Crippen LogP contribution in [0.15, 0.2) is 18.3 Å². The van der Waals surface area contributed by atoms with Crippen LogP contribution in [-0.2, 0) is 36.3 Å². The van der Waals surface area contributed by atoms with Crippen molar-refractivity contribution in [3.63, 3.8) is 0 Å². The summed E-state index contributed by atoms with van der Waals surface area (Å²) in [4.78, 5) is 7.04. The van der Waals surface area contributed by atoms with Gasteiger partial charge in [-0.1, -0.05) is 19.6 Å². The zero-order valence-electron chi connectivity index (χ0n) is 18.6. The van der Waals surface area contributed by atoms with Gasteiger partial charge in [0, 0.05) is 32.8 Å². The topological polar surface area (TPSA) is 82.9 Å². The van der Waals surface area contributed by atoms with Crippen molar-refractivity contribution >= 4 is 35.0 Å².